The molecule has 1 heterocycles. The molecule has 0 aliphatic carbocycles. The molecule has 0 atom stereocenters. The topological polar surface area (TPSA) is 50.4 Å². The summed E-state index contributed by atoms with van der Waals surface area (Å²) in [5, 5.41) is 9.52. The summed E-state index contributed by atoms with van der Waals surface area (Å²) >= 11 is 0. The third kappa shape index (κ3) is 1.56. The van der Waals surface area contributed by atoms with Crippen LogP contribution in [0.1, 0.15) is 29.5 Å². The Bertz CT molecular complexity index is 542. The highest BCUT2D eigenvalue weighted by atomic mass is 19.1. The quantitative estimate of drug-likeness (QED) is 0.867. The summed E-state index contributed by atoms with van der Waals surface area (Å²) < 4.78 is 18.5. The fraction of sp³-hybridized carbons (Fsp3) is 0.250. The molecule has 0 fully saturated rings. The molecule has 16 heavy (non-hydrogen) atoms. The number of fused-ring (bicyclic) bond motifs is 1. The van der Waals surface area contributed by atoms with Gasteiger partial charge in [-0.3, -0.25) is 0 Å². The lowest BCUT2D eigenvalue weighted by Gasteiger charge is -1.96. The summed E-state index contributed by atoms with van der Waals surface area (Å²) in [4.78, 5) is 11.0. The molecule has 0 spiro atoms. The Labute approximate surface area is 91.5 Å². The maximum Gasteiger partial charge on any atom is 0.372 e. The van der Waals surface area contributed by atoms with E-state index in [0.29, 0.717) is 17.4 Å². The molecule has 1 aromatic heterocycles. The smallest absolute Gasteiger partial charge is 0.372 e. The molecule has 0 radical (unpaired) electrons. The van der Waals surface area contributed by atoms with Crippen LogP contribution in [-0.2, 0) is 6.42 Å². The third-order valence-electron chi connectivity index (χ3n) is 2.46. The minimum atomic E-state index is -1.15. The second-order valence-corrected chi connectivity index (χ2v) is 3.58. The van der Waals surface area contributed by atoms with Crippen molar-refractivity contribution in [3.05, 3.63) is 35.3 Å². The number of carboxylic acid groups (broad SMARTS) is 1. The fourth-order valence-electron chi connectivity index (χ4n) is 1.81. The van der Waals surface area contributed by atoms with Crippen molar-refractivity contribution in [2.24, 2.45) is 0 Å². The number of rotatable bonds is 3. The monoisotopic (exact) mass is 222 g/mol. The van der Waals surface area contributed by atoms with Gasteiger partial charge in [0.2, 0.25) is 5.76 Å². The minimum Gasteiger partial charge on any atom is -0.475 e. The van der Waals surface area contributed by atoms with Gasteiger partial charge in [-0.25, -0.2) is 9.18 Å². The van der Waals surface area contributed by atoms with Gasteiger partial charge < -0.3 is 9.52 Å². The molecule has 0 aliphatic heterocycles. The Morgan fingerprint density at radius 2 is 2.25 bits per heavy atom. The van der Waals surface area contributed by atoms with E-state index in [9.17, 15) is 9.18 Å². The number of aryl methyl sites for hydroxylation is 1. The Morgan fingerprint density at radius 1 is 1.50 bits per heavy atom. The Kier molecular flexibility index (Phi) is 2.64. The van der Waals surface area contributed by atoms with Crippen molar-refractivity contribution in [2.75, 3.05) is 0 Å². The van der Waals surface area contributed by atoms with Crippen molar-refractivity contribution in [1.29, 1.82) is 0 Å². The molecular formula is C12H11FO3. The van der Waals surface area contributed by atoms with Crippen LogP contribution in [0.5, 0.6) is 0 Å². The summed E-state index contributed by atoms with van der Waals surface area (Å²) in [5.74, 6) is -1.83. The van der Waals surface area contributed by atoms with Crippen LogP contribution in [0.25, 0.3) is 11.0 Å². The molecular weight excluding hydrogens is 211 g/mol. The summed E-state index contributed by atoms with van der Waals surface area (Å²) in [6.07, 6.45) is 1.35. The SMILES string of the molecule is CCCc1c(C(=O)O)oc2c(F)cccc12. The Balaban J connectivity index is 2.75. The van der Waals surface area contributed by atoms with E-state index < -0.39 is 11.8 Å². The highest BCUT2D eigenvalue weighted by Gasteiger charge is 2.20. The van der Waals surface area contributed by atoms with Gasteiger partial charge >= 0.3 is 5.97 Å². The van der Waals surface area contributed by atoms with Crippen molar-refractivity contribution >= 4 is 16.9 Å². The highest BCUT2D eigenvalue weighted by molar-refractivity contribution is 5.95. The van der Waals surface area contributed by atoms with E-state index in [0.717, 1.165) is 6.42 Å². The molecule has 0 bridgehead atoms. The number of para-hydroxylation sites is 1. The second-order valence-electron chi connectivity index (χ2n) is 3.58. The van der Waals surface area contributed by atoms with Gasteiger partial charge in [-0.05, 0) is 12.5 Å². The van der Waals surface area contributed by atoms with Crippen LogP contribution in [0.2, 0.25) is 0 Å². The predicted molar refractivity (Wildman–Crippen MR) is 57.1 cm³/mol. The van der Waals surface area contributed by atoms with Gasteiger partial charge in [0.05, 0.1) is 0 Å². The van der Waals surface area contributed by atoms with E-state index >= 15 is 0 Å². The molecule has 0 aliphatic rings. The van der Waals surface area contributed by atoms with Crippen molar-refractivity contribution in [1.82, 2.24) is 0 Å². The first-order valence-corrected chi connectivity index (χ1v) is 5.08. The van der Waals surface area contributed by atoms with Crippen LogP contribution in [0.15, 0.2) is 22.6 Å². The van der Waals surface area contributed by atoms with Crippen LogP contribution in [0.4, 0.5) is 4.39 Å². The van der Waals surface area contributed by atoms with E-state index in [-0.39, 0.29) is 11.3 Å². The zero-order valence-corrected chi connectivity index (χ0v) is 8.79. The lowest BCUT2D eigenvalue weighted by atomic mass is 10.1. The largest absolute Gasteiger partial charge is 0.475 e. The molecule has 3 nitrogen and oxygen atoms in total. The number of hydrogen-bond acceptors (Lipinski definition) is 2. The summed E-state index contributed by atoms with van der Waals surface area (Å²) in [6.45, 7) is 1.93. The normalized spacial score (nSPS) is 10.9. The minimum absolute atomic E-state index is 0.0309. The number of halogens is 1. The highest BCUT2D eigenvalue weighted by Crippen LogP contribution is 2.28. The average Bonchev–Trinajstić information content (AvgIpc) is 2.60. The molecule has 1 N–H and O–H groups in total. The number of carbonyl (C=O) groups is 1. The van der Waals surface area contributed by atoms with Crippen molar-refractivity contribution in [2.45, 2.75) is 19.8 Å². The molecule has 2 aromatic rings. The lowest BCUT2D eigenvalue weighted by molar-refractivity contribution is 0.0663. The fourth-order valence-corrected chi connectivity index (χ4v) is 1.81. The standard InChI is InChI=1S/C12H11FO3/c1-2-4-7-8-5-3-6-9(13)10(8)16-11(7)12(14)15/h3,5-6H,2,4H2,1H3,(H,14,15). The first kappa shape index (κ1) is 10.7. The molecule has 0 saturated carbocycles. The zero-order chi connectivity index (χ0) is 11.7. The van der Waals surface area contributed by atoms with E-state index in [2.05, 4.69) is 0 Å². The third-order valence-corrected chi connectivity index (χ3v) is 2.46. The average molecular weight is 222 g/mol. The zero-order valence-electron chi connectivity index (χ0n) is 8.79. The maximum atomic E-state index is 13.4. The summed E-state index contributed by atoms with van der Waals surface area (Å²) in [7, 11) is 0. The number of benzene rings is 1. The van der Waals surface area contributed by atoms with Crippen molar-refractivity contribution in [3.8, 4) is 0 Å². The van der Waals surface area contributed by atoms with E-state index in [1.807, 2.05) is 6.92 Å². The van der Waals surface area contributed by atoms with Crippen molar-refractivity contribution in [3.63, 3.8) is 0 Å². The number of hydrogen-bond donors (Lipinski definition) is 1. The molecule has 4 heteroatoms. The summed E-state index contributed by atoms with van der Waals surface area (Å²) in [5.41, 5.74) is 0.604. The van der Waals surface area contributed by atoms with Gasteiger partial charge in [-0.15, -0.1) is 0 Å². The van der Waals surface area contributed by atoms with E-state index in [4.69, 9.17) is 9.52 Å². The van der Waals surface area contributed by atoms with Crippen LogP contribution in [0, 0.1) is 5.82 Å². The molecule has 1 aromatic carbocycles. The number of furan rings is 1. The van der Waals surface area contributed by atoms with Gasteiger partial charge in [0.1, 0.15) is 0 Å². The van der Waals surface area contributed by atoms with Gasteiger partial charge in [0.25, 0.3) is 0 Å². The lowest BCUT2D eigenvalue weighted by Crippen LogP contribution is -1.98. The van der Waals surface area contributed by atoms with Crippen LogP contribution >= 0.6 is 0 Å². The molecule has 0 saturated heterocycles. The van der Waals surface area contributed by atoms with Gasteiger partial charge in [0.15, 0.2) is 11.4 Å². The van der Waals surface area contributed by atoms with E-state index in [1.165, 1.54) is 6.07 Å². The Hall–Kier alpha value is -1.84. The first-order valence-electron chi connectivity index (χ1n) is 5.08. The van der Waals surface area contributed by atoms with Crippen LogP contribution in [-0.4, -0.2) is 11.1 Å². The maximum absolute atomic E-state index is 13.4. The molecule has 84 valence electrons. The first-order chi connectivity index (χ1) is 7.65. The Morgan fingerprint density at radius 3 is 2.88 bits per heavy atom. The summed E-state index contributed by atoms with van der Waals surface area (Å²) in [6, 6.07) is 4.49. The molecule has 0 amide bonds. The predicted octanol–water partition coefficient (Wildman–Crippen LogP) is 3.22. The number of carboxylic acids is 1. The van der Waals surface area contributed by atoms with Crippen molar-refractivity contribution < 1.29 is 18.7 Å². The van der Waals surface area contributed by atoms with Crippen LogP contribution in [0.3, 0.4) is 0 Å². The van der Waals surface area contributed by atoms with Crippen LogP contribution < -0.4 is 0 Å². The van der Waals surface area contributed by atoms with E-state index in [1.54, 1.807) is 12.1 Å². The number of aromatic carboxylic acids is 1. The van der Waals surface area contributed by atoms with Gasteiger partial charge in [-0.2, -0.15) is 0 Å². The molecule has 0 unspecified atom stereocenters. The van der Waals surface area contributed by atoms with Gasteiger partial charge in [-0.1, -0.05) is 25.5 Å². The second kappa shape index (κ2) is 3.96. The van der Waals surface area contributed by atoms with Gasteiger partial charge in [0, 0.05) is 10.9 Å². The molecule has 2 rings (SSSR count).